The van der Waals surface area contributed by atoms with Crippen LogP contribution in [0.5, 0.6) is 5.75 Å². The number of ether oxygens (including phenoxy) is 2. The number of carbonyl (C=O) groups is 4. The molecule has 354 valence electrons. The van der Waals surface area contributed by atoms with Crippen LogP contribution in [0.1, 0.15) is 93.6 Å². The molecule has 2 atom stereocenters. The zero-order chi connectivity index (χ0) is 46.6. The predicted octanol–water partition coefficient (Wildman–Crippen LogP) is 5.16. The number of rotatable bonds is 12. The highest BCUT2D eigenvalue weighted by Gasteiger charge is 2.47. The zero-order valence-electron chi connectivity index (χ0n) is 38.4. The molecule has 5 aliphatic heterocycles. The summed E-state index contributed by atoms with van der Waals surface area (Å²) in [7, 11) is 1.52. The first kappa shape index (κ1) is 45.0. The molecular formula is C49H59ClN10O7. The third-order valence-corrected chi connectivity index (χ3v) is 15.1. The Balaban J connectivity index is 0.700. The van der Waals surface area contributed by atoms with E-state index in [-0.39, 0.29) is 71.6 Å². The van der Waals surface area contributed by atoms with Crippen LogP contribution >= 0.6 is 11.6 Å². The quantitative estimate of drug-likeness (QED) is 0.159. The average Bonchev–Trinajstić information content (AvgIpc) is 3.86. The van der Waals surface area contributed by atoms with Crippen LogP contribution in [0, 0.1) is 5.41 Å². The Morgan fingerprint density at radius 3 is 2.55 bits per heavy atom. The van der Waals surface area contributed by atoms with Gasteiger partial charge in [0.05, 0.1) is 23.9 Å². The number of piperidine rings is 3. The topological polar surface area (TPSA) is 184 Å². The largest absolute Gasteiger partial charge is 0.478 e. The predicted molar refractivity (Wildman–Crippen MR) is 254 cm³/mol. The zero-order valence-corrected chi connectivity index (χ0v) is 39.1. The van der Waals surface area contributed by atoms with E-state index in [0.29, 0.717) is 41.4 Å². The molecule has 1 unspecified atom stereocenters. The highest BCUT2D eigenvalue weighted by molar-refractivity contribution is 6.33. The van der Waals surface area contributed by atoms with Crippen molar-refractivity contribution in [3.05, 3.63) is 75.2 Å². The Bertz CT molecular complexity index is 2660. The highest BCUT2D eigenvalue weighted by atomic mass is 35.5. The van der Waals surface area contributed by atoms with Gasteiger partial charge in [0.2, 0.25) is 17.8 Å². The van der Waals surface area contributed by atoms with Gasteiger partial charge >= 0.3 is 0 Å². The number of hydrogen-bond donors (Lipinski definition) is 3. The van der Waals surface area contributed by atoms with Crippen molar-refractivity contribution in [3.8, 4) is 5.75 Å². The normalized spacial score (nSPS) is 24.6. The van der Waals surface area contributed by atoms with Crippen LogP contribution in [-0.4, -0.2) is 125 Å². The van der Waals surface area contributed by atoms with Crippen LogP contribution in [-0.2, 0) is 25.7 Å². The summed E-state index contributed by atoms with van der Waals surface area (Å²) in [4.78, 5) is 81.2. The molecule has 18 heteroatoms. The number of hydrogen-bond acceptors (Lipinski definition) is 13. The summed E-state index contributed by atoms with van der Waals surface area (Å²) in [6.45, 7) is 9.73. The Morgan fingerprint density at radius 1 is 0.955 bits per heavy atom. The number of benzene rings is 2. The number of nitrogens with one attached hydrogen (secondary N) is 3. The number of fused-ring (bicyclic) bond motifs is 2. The number of halogens is 1. The van der Waals surface area contributed by atoms with Gasteiger partial charge in [-0.3, -0.25) is 34.2 Å². The summed E-state index contributed by atoms with van der Waals surface area (Å²) in [6.07, 6.45) is 10.1. The molecule has 6 aliphatic rings. The van der Waals surface area contributed by atoms with E-state index in [4.69, 9.17) is 26.1 Å². The molecule has 0 radical (unpaired) electrons. The Labute approximate surface area is 394 Å². The molecule has 7 heterocycles. The van der Waals surface area contributed by atoms with Gasteiger partial charge in [-0.25, -0.2) is 4.98 Å². The standard InChI is InChI=1S/C49H59ClN10O7/c1-29(2)60-39-8-5-32(19-30(39)21-41(47(60)65)66-26-43(62)51-3)53-44-38(50)24-52-48(55-44)56-16-11-35(12-17-56)67-36-22-34(23-36)58-18-14-49(28-58)13-4-15-57(27-49)33-6-7-37-31(20-33)25-59(46(37)64)40-9-10-42(61)54-45(40)63/h5-8,19-21,24,29,34-36,40H,4,9-18,22-23,25-28H2,1-3H3,(H,51,62)(H,52,53,55)(H,54,61,63)/t34?,36?,40-,49?/m1/s1. The number of imide groups is 1. The van der Waals surface area contributed by atoms with Crippen molar-refractivity contribution < 1.29 is 28.7 Å². The fourth-order valence-electron chi connectivity index (χ4n) is 11.2. The van der Waals surface area contributed by atoms with Crippen LogP contribution < -0.4 is 36.0 Å². The Kier molecular flexibility index (Phi) is 12.3. The van der Waals surface area contributed by atoms with Gasteiger partial charge in [0.25, 0.3) is 17.4 Å². The van der Waals surface area contributed by atoms with Crippen molar-refractivity contribution in [2.24, 2.45) is 5.41 Å². The van der Waals surface area contributed by atoms with Crippen molar-refractivity contribution >= 4 is 69.3 Å². The van der Waals surface area contributed by atoms with Crippen molar-refractivity contribution in [2.75, 3.05) is 68.0 Å². The minimum Gasteiger partial charge on any atom is -0.478 e. The number of likely N-dealkylation sites (N-methyl/N-ethyl adjacent to an activating group) is 1. The minimum atomic E-state index is -0.607. The van der Waals surface area contributed by atoms with Gasteiger partial charge in [0.15, 0.2) is 18.2 Å². The lowest BCUT2D eigenvalue weighted by atomic mass is 9.78. The number of likely N-dealkylation sites (tertiary alicyclic amines) is 1. The molecule has 0 bridgehead atoms. The summed E-state index contributed by atoms with van der Waals surface area (Å²) in [6, 6.07) is 13.3. The molecule has 4 saturated heterocycles. The third-order valence-electron chi connectivity index (χ3n) is 14.8. The number of pyridine rings is 1. The van der Waals surface area contributed by atoms with Crippen LogP contribution in [0.15, 0.2) is 53.5 Å². The van der Waals surface area contributed by atoms with Gasteiger partial charge < -0.3 is 39.4 Å². The van der Waals surface area contributed by atoms with E-state index in [1.54, 1.807) is 21.7 Å². The lowest BCUT2D eigenvalue weighted by Gasteiger charge is -2.45. The van der Waals surface area contributed by atoms with Crippen molar-refractivity contribution in [1.82, 2.24) is 35.0 Å². The summed E-state index contributed by atoms with van der Waals surface area (Å²) in [5, 5.41) is 9.40. The Hall–Kier alpha value is -5.78. The fourth-order valence-corrected chi connectivity index (χ4v) is 11.3. The second-order valence-electron chi connectivity index (χ2n) is 19.6. The Morgan fingerprint density at radius 2 is 1.78 bits per heavy atom. The summed E-state index contributed by atoms with van der Waals surface area (Å²) < 4.78 is 14.0. The molecule has 2 aromatic heterocycles. The maximum absolute atomic E-state index is 13.3. The molecule has 17 nitrogen and oxygen atoms in total. The maximum Gasteiger partial charge on any atom is 0.293 e. The number of nitrogens with zero attached hydrogens (tertiary/aromatic N) is 7. The molecule has 4 amide bonds. The molecule has 4 aromatic rings. The monoisotopic (exact) mass is 934 g/mol. The molecule has 1 spiro atoms. The first-order valence-corrected chi connectivity index (χ1v) is 24.2. The highest BCUT2D eigenvalue weighted by Crippen LogP contribution is 2.44. The van der Waals surface area contributed by atoms with Gasteiger partial charge in [-0.15, -0.1) is 0 Å². The molecule has 2 aromatic carbocycles. The fraction of sp³-hybridized carbons (Fsp3) is 0.531. The molecule has 1 aliphatic carbocycles. The van der Waals surface area contributed by atoms with E-state index in [1.807, 2.05) is 38.1 Å². The van der Waals surface area contributed by atoms with Crippen LogP contribution in [0.25, 0.3) is 10.9 Å². The van der Waals surface area contributed by atoms with Gasteiger partial charge in [-0.05, 0) is 120 Å². The van der Waals surface area contributed by atoms with Crippen LogP contribution in [0.2, 0.25) is 5.02 Å². The first-order chi connectivity index (χ1) is 32.3. The molecule has 67 heavy (non-hydrogen) atoms. The van der Waals surface area contributed by atoms with Crippen LogP contribution in [0.3, 0.4) is 0 Å². The molecule has 10 rings (SSSR count). The lowest BCUT2D eigenvalue weighted by Crippen LogP contribution is -2.52. The van der Waals surface area contributed by atoms with E-state index in [1.165, 1.54) is 19.9 Å². The van der Waals surface area contributed by atoms with E-state index in [0.717, 1.165) is 99.2 Å². The molecular weight excluding hydrogens is 876 g/mol. The molecule has 1 saturated carbocycles. The summed E-state index contributed by atoms with van der Waals surface area (Å²) in [5.74, 6) is 0.0517. The average molecular weight is 936 g/mol. The number of anilines is 4. The first-order valence-electron chi connectivity index (χ1n) is 23.8. The van der Waals surface area contributed by atoms with Gasteiger partial charge in [-0.2, -0.15) is 4.98 Å². The second-order valence-corrected chi connectivity index (χ2v) is 20.0. The number of amides is 4. The van der Waals surface area contributed by atoms with Crippen LogP contribution in [0.4, 0.5) is 23.1 Å². The second kappa shape index (κ2) is 18.4. The van der Waals surface area contributed by atoms with E-state index in [9.17, 15) is 24.0 Å². The maximum atomic E-state index is 13.3. The minimum absolute atomic E-state index is 0.0975. The lowest BCUT2D eigenvalue weighted by molar-refractivity contribution is -0.137. The summed E-state index contributed by atoms with van der Waals surface area (Å²) in [5.41, 5.74) is 4.15. The summed E-state index contributed by atoms with van der Waals surface area (Å²) >= 11 is 6.63. The third kappa shape index (κ3) is 9.05. The molecule has 3 N–H and O–H groups in total. The van der Waals surface area contributed by atoms with Gasteiger partial charge in [0.1, 0.15) is 11.1 Å². The van der Waals surface area contributed by atoms with Crippen molar-refractivity contribution in [3.63, 3.8) is 0 Å². The number of carbonyl (C=O) groups excluding carboxylic acids is 4. The van der Waals surface area contributed by atoms with Gasteiger partial charge in [-0.1, -0.05) is 11.6 Å². The smallest absolute Gasteiger partial charge is 0.293 e. The van der Waals surface area contributed by atoms with E-state index in [2.05, 4.69) is 47.8 Å². The van der Waals surface area contributed by atoms with E-state index >= 15 is 0 Å². The van der Waals surface area contributed by atoms with E-state index < -0.39 is 6.04 Å². The number of aromatic nitrogens is 3. The SMILES string of the molecule is CNC(=O)COc1cc2cc(Nc3nc(N4CCC(OC5CC(N6CCC7(CCCN(c8ccc9c(c8)CN([C@@H]8CCC(=O)NC8=O)C9=O)C7)C6)C5)CC4)ncc3Cl)ccc2n(C(C)C)c1=O. The molecule has 5 fully saturated rings. The van der Waals surface area contributed by atoms with Gasteiger partial charge in [0, 0.05) is 92.6 Å². The van der Waals surface area contributed by atoms with Crippen molar-refractivity contribution in [1.29, 1.82) is 0 Å². The van der Waals surface area contributed by atoms with Crippen molar-refractivity contribution in [2.45, 2.75) is 109 Å².